The number of aliphatic imine (C=N–C) groups is 1. The van der Waals surface area contributed by atoms with E-state index in [1.807, 2.05) is 6.08 Å². The molecule has 0 aliphatic carbocycles. The smallest absolute Gasteiger partial charge is 0.129 e. The minimum absolute atomic E-state index is 0.723. The van der Waals surface area contributed by atoms with E-state index in [0.717, 1.165) is 18.5 Å². The average Bonchev–Trinajstić information content (AvgIpc) is 1.90. The van der Waals surface area contributed by atoms with Gasteiger partial charge in [0.25, 0.3) is 0 Å². The third kappa shape index (κ3) is 1.62. The van der Waals surface area contributed by atoms with Gasteiger partial charge in [-0.15, -0.1) is 0 Å². The minimum Gasteiger partial charge on any atom is -0.374 e. The van der Waals surface area contributed by atoms with Gasteiger partial charge >= 0.3 is 0 Å². The summed E-state index contributed by atoms with van der Waals surface area (Å²) >= 11 is 0. The Morgan fingerprint density at radius 3 is 2.89 bits per heavy atom. The first-order valence-corrected chi connectivity index (χ1v) is 2.94. The molecule has 1 atom stereocenters. The van der Waals surface area contributed by atoms with Crippen LogP contribution in [0, 0.1) is 0 Å². The number of rotatable bonds is 1. The van der Waals surface area contributed by atoms with Gasteiger partial charge in [0.05, 0.1) is 0 Å². The maximum atomic E-state index is 8.80. The van der Waals surface area contributed by atoms with E-state index in [1.54, 1.807) is 6.21 Å². The molecule has 0 spiro atoms. The first kappa shape index (κ1) is 6.45. The molecule has 3 heteroatoms. The lowest BCUT2D eigenvalue weighted by atomic mass is 10.2. The van der Waals surface area contributed by atoms with Crippen molar-refractivity contribution in [2.45, 2.75) is 12.6 Å². The van der Waals surface area contributed by atoms with Crippen LogP contribution < -0.4 is 5.73 Å². The number of hydrogen-bond acceptors (Lipinski definition) is 3. The van der Waals surface area contributed by atoms with Gasteiger partial charge in [-0.25, -0.2) is 0 Å². The zero-order valence-corrected chi connectivity index (χ0v) is 5.12. The Balaban J connectivity index is 2.58. The Hall–Kier alpha value is -0.670. The average molecular weight is 126 g/mol. The second-order valence-electron chi connectivity index (χ2n) is 1.97. The van der Waals surface area contributed by atoms with E-state index < -0.39 is 6.23 Å². The molecular weight excluding hydrogens is 116 g/mol. The third-order valence-corrected chi connectivity index (χ3v) is 1.22. The second-order valence-corrected chi connectivity index (χ2v) is 1.97. The fraction of sp³-hybridized carbons (Fsp3) is 0.500. The number of aliphatic hydroxyl groups excluding tert-OH is 1. The molecule has 0 saturated carbocycles. The quantitative estimate of drug-likeness (QED) is 0.472. The molecule has 0 amide bonds. The molecule has 0 aromatic carbocycles. The molecule has 0 fully saturated rings. The second kappa shape index (κ2) is 2.75. The van der Waals surface area contributed by atoms with Crippen molar-refractivity contribution in [2.75, 3.05) is 6.54 Å². The lowest BCUT2D eigenvalue weighted by Gasteiger charge is -2.07. The van der Waals surface area contributed by atoms with Crippen molar-refractivity contribution in [1.29, 1.82) is 0 Å². The van der Waals surface area contributed by atoms with E-state index in [-0.39, 0.29) is 0 Å². The predicted molar refractivity (Wildman–Crippen MR) is 36.3 cm³/mol. The largest absolute Gasteiger partial charge is 0.374 e. The van der Waals surface area contributed by atoms with Crippen molar-refractivity contribution < 1.29 is 5.11 Å². The molecule has 0 aromatic rings. The topological polar surface area (TPSA) is 58.6 Å². The van der Waals surface area contributed by atoms with Crippen molar-refractivity contribution >= 4 is 6.21 Å². The maximum absolute atomic E-state index is 8.80. The molecular formula is C6H10N2O. The summed E-state index contributed by atoms with van der Waals surface area (Å²) in [5.41, 5.74) is 5.89. The normalized spacial score (nSPS) is 21.3. The first-order chi connectivity index (χ1) is 4.30. The summed E-state index contributed by atoms with van der Waals surface area (Å²) in [6.07, 6.45) is 3.56. The fourth-order valence-electron chi connectivity index (χ4n) is 0.726. The van der Waals surface area contributed by atoms with E-state index in [0.29, 0.717) is 0 Å². The van der Waals surface area contributed by atoms with Crippen LogP contribution in [0.3, 0.4) is 0 Å². The van der Waals surface area contributed by atoms with E-state index >= 15 is 0 Å². The minimum atomic E-state index is -0.853. The van der Waals surface area contributed by atoms with E-state index in [2.05, 4.69) is 4.99 Å². The highest BCUT2D eigenvalue weighted by atomic mass is 16.3. The molecule has 3 nitrogen and oxygen atoms in total. The Labute approximate surface area is 53.9 Å². The molecule has 0 radical (unpaired) electrons. The van der Waals surface area contributed by atoms with Gasteiger partial charge in [0, 0.05) is 18.3 Å². The molecule has 0 aromatic heterocycles. The van der Waals surface area contributed by atoms with Crippen LogP contribution in [-0.4, -0.2) is 24.1 Å². The van der Waals surface area contributed by atoms with Crippen LogP contribution >= 0.6 is 0 Å². The van der Waals surface area contributed by atoms with Gasteiger partial charge in [-0.05, 0) is 6.42 Å². The van der Waals surface area contributed by atoms with Gasteiger partial charge in [0.15, 0.2) is 0 Å². The summed E-state index contributed by atoms with van der Waals surface area (Å²) in [5, 5.41) is 8.80. The lowest BCUT2D eigenvalue weighted by Crippen LogP contribution is -2.23. The third-order valence-electron chi connectivity index (χ3n) is 1.22. The molecule has 1 aliphatic heterocycles. The summed E-state index contributed by atoms with van der Waals surface area (Å²) in [6, 6.07) is 0. The standard InChI is InChI=1S/C6H10N2O/c7-6(9)5-2-1-3-8-4-5/h2,4,6,9H,1,3,7H2. The van der Waals surface area contributed by atoms with Gasteiger partial charge in [-0.2, -0.15) is 0 Å². The zero-order chi connectivity index (χ0) is 6.69. The lowest BCUT2D eigenvalue weighted by molar-refractivity contribution is 0.225. The van der Waals surface area contributed by atoms with Gasteiger partial charge in [0.1, 0.15) is 6.23 Å². The highest BCUT2D eigenvalue weighted by molar-refractivity contribution is 5.80. The van der Waals surface area contributed by atoms with Crippen molar-refractivity contribution in [3.63, 3.8) is 0 Å². The SMILES string of the molecule is NC(O)C1=CCCN=C1. The number of aliphatic hydroxyl groups is 1. The van der Waals surface area contributed by atoms with Crippen LogP contribution in [0.4, 0.5) is 0 Å². The summed E-state index contributed by atoms with van der Waals surface area (Å²) in [4.78, 5) is 3.95. The highest BCUT2D eigenvalue weighted by Crippen LogP contribution is 2.01. The summed E-state index contributed by atoms with van der Waals surface area (Å²) in [6.45, 7) is 0.816. The predicted octanol–water partition coefficient (Wildman–Crippen LogP) is -0.336. The summed E-state index contributed by atoms with van der Waals surface area (Å²) in [7, 11) is 0. The Morgan fingerprint density at radius 1 is 1.78 bits per heavy atom. The van der Waals surface area contributed by atoms with Crippen LogP contribution in [0.15, 0.2) is 16.6 Å². The van der Waals surface area contributed by atoms with Crippen molar-refractivity contribution in [3.05, 3.63) is 11.6 Å². The van der Waals surface area contributed by atoms with Gasteiger partial charge in [-0.1, -0.05) is 6.08 Å². The molecule has 0 bridgehead atoms. The van der Waals surface area contributed by atoms with Crippen LogP contribution in [0.1, 0.15) is 6.42 Å². The van der Waals surface area contributed by atoms with E-state index in [9.17, 15) is 0 Å². The van der Waals surface area contributed by atoms with Crippen molar-refractivity contribution in [2.24, 2.45) is 10.7 Å². The molecule has 50 valence electrons. The molecule has 1 rings (SSSR count). The fourth-order valence-corrected chi connectivity index (χ4v) is 0.726. The van der Waals surface area contributed by atoms with Crippen LogP contribution in [0.25, 0.3) is 0 Å². The summed E-state index contributed by atoms with van der Waals surface area (Å²) < 4.78 is 0. The maximum Gasteiger partial charge on any atom is 0.129 e. The van der Waals surface area contributed by atoms with Crippen LogP contribution in [-0.2, 0) is 0 Å². The number of hydrogen-bond donors (Lipinski definition) is 2. The molecule has 3 N–H and O–H groups in total. The molecule has 9 heavy (non-hydrogen) atoms. The number of dihydropyridines is 1. The van der Waals surface area contributed by atoms with Crippen LogP contribution in [0.2, 0.25) is 0 Å². The molecule has 0 saturated heterocycles. The van der Waals surface area contributed by atoms with E-state index in [1.165, 1.54) is 0 Å². The number of nitrogens with two attached hydrogens (primary N) is 1. The van der Waals surface area contributed by atoms with Crippen molar-refractivity contribution in [1.82, 2.24) is 0 Å². The first-order valence-electron chi connectivity index (χ1n) is 2.94. The Morgan fingerprint density at radius 2 is 2.56 bits per heavy atom. The molecule has 1 heterocycles. The Bertz CT molecular complexity index is 149. The highest BCUT2D eigenvalue weighted by Gasteiger charge is 2.03. The molecule has 1 aliphatic rings. The zero-order valence-electron chi connectivity index (χ0n) is 5.12. The Kier molecular flexibility index (Phi) is 1.97. The van der Waals surface area contributed by atoms with Crippen molar-refractivity contribution in [3.8, 4) is 0 Å². The van der Waals surface area contributed by atoms with Gasteiger partial charge < -0.3 is 10.8 Å². The monoisotopic (exact) mass is 126 g/mol. The van der Waals surface area contributed by atoms with E-state index in [4.69, 9.17) is 10.8 Å². The van der Waals surface area contributed by atoms with Gasteiger partial charge in [0.2, 0.25) is 0 Å². The van der Waals surface area contributed by atoms with Crippen LogP contribution in [0.5, 0.6) is 0 Å². The number of nitrogens with zero attached hydrogens (tertiary/aromatic N) is 1. The van der Waals surface area contributed by atoms with Gasteiger partial charge in [-0.3, -0.25) is 4.99 Å². The summed E-state index contributed by atoms with van der Waals surface area (Å²) in [5.74, 6) is 0. The molecule has 1 unspecified atom stereocenters.